The van der Waals surface area contributed by atoms with Crippen LogP contribution in [-0.4, -0.2) is 17.3 Å². The van der Waals surface area contributed by atoms with Gasteiger partial charge in [-0.3, -0.25) is 9.69 Å². The zero-order chi connectivity index (χ0) is 11.7. The molecule has 0 radical (unpaired) electrons. The molecule has 1 aromatic heterocycles. The highest BCUT2D eigenvalue weighted by Crippen LogP contribution is 2.34. The van der Waals surface area contributed by atoms with Crippen molar-refractivity contribution in [3.8, 4) is 0 Å². The molecule has 0 aliphatic rings. The molecule has 0 atom stereocenters. The third-order valence-electron chi connectivity index (χ3n) is 2.42. The smallest absolute Gasteiger partial charge is 0.227 e. The summed E-state index contributed by atoms with van der Waals surface area (Å²) in [6.07, 6.45) is 0.458. The van der Waals surface area contributed by atoms with Gasteiger partial charge in [0, 0.05) is 13.5 Å². The summed E-state index contributed by atoms with van der Waals surface area (Å²) in [5.74, 6) is 0.685. The molecule has 0 unspecified atom stereocenters. The Balaban J connectivity index is 2.57. The fourth-order valence-corrected chi connectivity index (χ4v) is 2.67. The number of nitrogens with zero attached hydrogens (tertiary/aromatic N) is 2. The van der Waals surface area contributed by atoms with Crippen molar-refractivity contribution in [3.63, 3.8) is 0 Å². The first kappa shape index (κ1) is 11.4. The number of rotatable bonds is 2. The molecule has 2 rings (SSSR count). The van der Waals surface area contributed by atoms with Crippen molar-refractivity contribution in [2.75, 3.05) is 11.9 Å². The topological polar surface area (TPSA) is 33.2 Å². The van der Waals surface area contributed by atoms with Gasteiger partial charge in [-0.2, -0.15) is 4.37 Å². The van der Waals surface area contributed by atoms with Crippen LogP contribution in [0.4, 0.5) is 5.82 Å². The van der Waals surface area contributed by atoms with Gasteiger partial charge < -0.3 is 0 Å². The Kier molecular flexibility index (Phi) is 3.12. The number of halogens is 1. The minimum absolute atomic E-state index is 0.0344. The molecule has 3 nitrogen and oxygen atoms in total. The molecule has 84 valence electrons. The lowest BCUT2D eigenvalue weighted by atomic mass is 10.2. The van der Waals surface area contributed by atoms with Crippen LogP contribution >= 0.6 is 23.1 Å². The van der Waals surface area contributed by atoms with E-state index in [0.717, 1.165) is 10.1 Å². The fourth-order valence-electron chi connectivity index (χ4n) is 1.52. The van der Waals surface area contributed by atoms with Crippen LogP contribution in [0.5, 0.6) is 0 Å². The molecule has 0 bridgehead atoms. The van der Waals surface area contributed by atoms with Crippen molar-refractivity contribution in [2.45, 2.75) is 13.3 Å². The number of aromatic nitrogens is 1. The molecule has 0 saturated heterocycles. The maximum atomic E-state index is 11.6. The molecule has 1 heterocycles. The van der Waals surface area contributed by atoms with Crippen molar-refractivity contribution < 1.29 is 4.79 Å². The summed E-state index contributed by atoms with van der Waals surface area (Å²) >= 11 is 7.48. The molecule has 5 heteroatoms. The fraction of sp³-hybridized carbons (Fsp3) is 0.273. The second kappa shape index (κ2) is 4.39. The van der Waals surface area contributed by atoms with E-state index in [1.165, 1.54) is 11.5 Å². The molecular weight excluding hydrogens is 244 g/mol. The second-order valence-corrected chi connectivity index (χ2v) is 4.64. The first-order valence-corrected chi connectivity index (χ1v) is 6.10. The van der Waals surface area contributed by atoms with Gasteiger partial charge >= 0.3 is 0 Å². The maximum Gasteiger partial charge on any atom is 0.227 e. The molecule has 16 heavy (non-hydrogen) atoms. The third-order valence-corrected chi connectivity index (χ3v) is 3.54. The van der Waals surface area contributed by atoms with Gasteiger partial charge in [0.05, 0.1) is 15.1 Å². The first-order chi connectivity index (χ1) is 7.65. The van der Waals surface area contributed by atoms with Crippen LogP contribution < -0.4 is 4.90 Å². The number of carbonyl (C=O) groups is 1. The molecule has 1 aromatic carbocycles. The highest BCUT2D eigenvalue weighted by atomic mass is 35.5. The largest absolute Gasteiger partial charge is 0.299 e. The van der Waals surface area contributed by atoms with Crippen molar-refractivity contribution >= 4 is 44.9 Å². The van der Waals surface area contributed by atoms with Crippen LogP contribution in [0.2, 0.25) is 5.02 Å². The van der Waals surface area contributed by atoms with Crippen LogP contribution in [0, 0.1) is 0 Å². The number of hydrogen-bond donors (Lipinski definition) is 0. The molecule has 0 saturated carbocycles. The van der Waals surface area contributed by atoms with Crippen molar-refractivity contribution in [1.82, 2.24) is 4.37 Å². The van der Waals surface area contributed by atoms with E-state index >= 15 is 0 Å². The lowest BCUT2D eigenvalue weighted by Crippen LogP contribution is -2.25. The Morgan fingerprint density at radius 3 is 3.00 bits per heavy atom. The highest BCUT2D eigenvalue weighted by molar-refractivity contribution is 7.13. The van der Waals surface area contributed by atoms with Crippen molar-refractivity contribution in [1.29, 1.82) is 0 Å². The van der Waals surface area contributed by atoms with Crippen LogP contribution in [0.25, 0.3) is 10.1 Å². The lowest BCUT2D eigenvalue weighted by Gasteiger charge is -2.13. The highest BCUT2D eigenvalue weighted by Gasteiger charge is 2.17. The zero-order valence-corrected chi connectivity index (χ0v) is 10.6. The summed E-state index contributed by atoms with van der Waals surface area (Å²) in [4.78, 5) is 13.2. The van der Waals surface area contributed by atoms with Gasteiger partial charge in [-0.15, -0.1) is 0 Å². The molecule has 0 fully saturated rings. The number of carbonyl (C=O) groups excluding carboxylic acids is 1. The Labute approximate surface area is 103 Å². The van der Waals surface area contributed by atoms with E-state index in [0.29, 0.717) is 17.3 Å². The van der Waals surface area contributed by atoms with E-state index in [1.54, 1.807) is 11.9 Å². The van der Waals surface area contributed by atoms with Gasteiger partial charge in [-0.25, -0.2) is 0 Å². The molecule has 2 aromatic rings. The van der Waals surface area contributed by atoms with Gasteiger partial charge in [0.2, 0.25) is 5.91 Å². The summed E-state index contributed by atoms with van der Waals surface area (Å²) in [6.45, 7) is 1.83. The van der Waals surface area contributed by atoms with E-state index in [9.17, 15) is 4.79 Å². The van der Waals surface area contributed by atoms with Crippen LogP contribution in [-0.2, 0) is 4.79 Å². The van der Waals surface area contributed by atoms with E-state index in [1.807, 2.05) is 25.1 Å². The molecule has 1 amide bonds. The van der Waals surface area contributed by atoms with E-state index < -0.39 is 0 Å². The van der Waals surface area contributed by atoms with E-state index in [-0.39, 0.29) is 5.91 Å². The minimum atomic E-state index is 0.0344. The SMILES string of the molecule is CCC(=O)N(C)c1nsc2cccc(Cl)c12. The molecular formula is C11H11ClN2OS. The number of anilines is 1. The van der Waals surface area contributed by atoms with Gasteiger partial charge in [-0.1, -0.05) is 24.6 Å². The average molecular weight is 255 g/mol. The Bertz CT molecular complexity index is 538. The first-order valence-electron chi connectivity index (χ1n) is 4.95. The number of benzene rings is 1. The van der Waals surface area contributed by atoms with Crippen LogP contribution in [0.3, 0.4) is 0 Å². The van der Waals surface area contributed by atoms with Gasteiger partial charge in [0.1, 0.15) is 0 Å². The lowest BCUT2D eigenvalue weighted by molar-refractivity contribution is -0.118. The predicted molar refractivity (Wildman–Crippen MR) is 68.3 cm³/mol. The minimum Gasteiger partial charge on any atom is -0.299 e. The third kappa shape index (κ3) is 1.79. The molecule has 0 spiro atoms. The Hall–Kier alpha value is -1.13. The summed E-state index contributed by atoms with van der Waals surface area (Å²) in [5.41, 5.74) is 0. The van der Waals surface area contributed by atoms with Crippen molar-refractivity contribution in [2.24, 2.45) is 0 Å². The normalized spacial score (nSPS) is 10.7. The van der Waals surface area contributed by atoms with Gasteiger partial charge in [0.15, 0.2) is 5.82 Å². The summed E-state index contributed by atoms with van der Waals surface area (Å²) in [7, 11) is 1.73. The van der Waals surface area contributed by atoms with Crippen LogP contribution in [0.15, 0.2) is 18.2 Å². The van der Waals surface area contributed by atoms with Gasteiger partial charge in [-0.05, 0) is 23.7 Å². The van der Waals surface area contributed by atoms with Gasteiger partial charge in [0.25, 0.3) is 0 Å². The molecule has 0 N–H and O–H groups in total. The summed E-state index contributed by atoms with van der Waals surface area (Å²) < 4.78 is 5.29. The predicted octanol–water partition coefficient (Wildman–Crippen LogP) is 3.32. The van der Waals surface area contributed by atoms with Crippen molar-refractivity contribution in [3.05, 3.63) is 23.2 Å². The number of amides is 1. The Morgan fingerprint density at radius 2 is 2.31 bits per heavy atom. The van der Waals surface area contributed by atoms with E-state index in [4.69, 9.17) is 11.6 Å². The quantitative estimate of drug-likeness (QED) is 0.824. The van der Waals surface area contributed by atoms with Crippen LogP contribution in [0.1, 0.15) is 13.3 Å². The number of hydrogen-bond acceptors (Lipinski definition) is 3. The molecule has 0 aliphatic heterocycles. The Morgan fingerprint density at radius 1 is 1.56 bits per heavy atom. The molecule has 0 aliphatic carbocycles. The monoisotopic (exact) mass is 254 g/mol. The van der Waals surface area contributed by atoms with E-state index in [2.05, 4.69) is 4.37 Å². The number of fused-ring (bicyclic) bond motifs is 1. The summed E-state index contributed by atoms with van der Waals surface area (Å²) in [5, 5.41) is 1.50. The standard InChI is InChI=1S/C11H11ClN2OS/c1-3-9(15)14(2)11-10-7(12)5-4-6-8(10)16-13-11/h4-6H,3H2,1-2H3. The summed E-state index contributed by atoms with van der Waals surface area (Å²) in [6, 6.07) is 5.65. The second-order valence-electron chi connectivity index (χ2n) is 3.43. The average Bonchev–Trinajstić information content (AvgIpc) is 2.72. The zero-order valence-electron chi connectivity index (χ0n) is 9.03. The maximum absolute atomic E-state index is 11.6.